The van der Waals surface area contributed by atoms with Crippen LogP contribution in [0.15, 0.2) is 30.8 Å². The van der Waals surface area contributed by atoms with E-state index in [1.165, 1.54) is 0 Å². The van der Waals surface area contributed by atoms with E-state index in [0.717, 1.165) is 16.9 Å². The van der Waals surface area contributed by atoms with Crippen molar-refractivity contribution < 1.29 is 4.74 Å². The van der Waals surface area contributed by atoms with Crippen LogP contribution in [-0.2, 0) is 0 Å². The van der Waals surface area contributed by atoms with Crippen molar-refractivity contribution in [2.45, 2.75) is 10.2 Å². The van der Waals surface area contributed by atoms with Crippen LogP contribution < -0.4 is 4.74 Å². The fourth-order valence-electron chi connectivity index (χ4n) is 1.19. The minimum absolute atomic E-state index is 0.296. The normalized spacial score (nSPS) is 11.2. The van der Waals surface area contributed by atoms with Gasteiger partial charge in [-0.05, 0) is 23.3 Å². The van der Waals surface area contributed by atoms with Crippen molar-refractivity contribution in [3.8, 4) is 5.75 Å². The minimum atomic E-state index is -1.31. The van der Waals surface area contributed by atoms with E-state index in [4.69, 9.17) is 39.5 Å². The monoisotopic (exact) mass is 264 g/mol. The number of rotatable bonds is 3. The third-order valence-electron chi connectivity index (χ3n) is 1.89. The molecule has 0 N–H and O–H groups in total. The van der Waals surface area contributed by atoms with Crippen LogP contribution in [-0.4, -0.2) is 10.9 Å². The van der Waals surface area contributed by atoms with Crippen LogP contribution in [0.5, 0.6) is 5.75 Å². The van der Waals surface area contributed by atoms with Gasteiger partial charge in [0.15, 0.2) is 3.79 Å². The highest BCUT2D eigenvalue weighted by Gasteiger charge is 2.21. The highest BCUT2D eigenvalue weighted by atomic mass is 35.6. The second kappa shape index (κ2) is 5.11. The SMILES string of the molecule is C=C(CC(Cl)(Cl)Cl)c1cccc(OC)c1. The third kappa shape index (κ3) is 4.33. The fourth-order valence-corrected chi connectivity index (χ4v) is 1.67. The molecule has 0 amide bonds. The Bertz CT molecular complexity index is 355. The molecule has 0 radical (unpaired) electrons. The van der Waals surface area contributed by atoms with Crippen molar-refractivity contribution in [3.05, 3.63) is 36.4 Å². The van der Waals surface area contributed by atoms with Gasteiger partial charge in [-0.25, -0.2) is 0 Å². The lowest BCUT2D eigenvalue weighted by Crippen LogP contribution is -2.02. The summed E-state index contributed by atoms with van der Waals surface area (Å²) < 4.78 is 3.79. The van der Waals surface area contributed by atoms with Crippen LogP contribution in [0, 0.1) is 0 Å². The number of halogens is 3. The van der Waals surface area contributed by atoms with Gasteiger partial charge in [0.2, 0.25) is 0 Å². The molecule has 0 unspecified atom stereocenters. The molecule has 0 fully saturated rings. The second-order valence-electron chi connectivity index (χ2n) is 3.13. The Kier molecular flexibility index (Phi) is 4.32. The molecule has 4 heteroatoms. The molecule has 0 aromatic heterocycles. The van der Waals surface area contributed by atoms with E-state index in [-0.39, 0.29) is 0 Å². The summed E-state index contributed by atoms with van der Waals surface area (Å²) in [7, 11) is 1.61. The van der Waals surface area contributed by atoms with Crippen LogP contribution in [0.3, 0.4) is 0 Å². The van der Waals surface area contributed by atoms with Gasteiger partial charge < -0.3 is 4.74 Å². The fraction of sp³-hybridized carbons (Fsp3) is 0.273. The van der Waals surface area contributed by atoms with Gasteiger partial charge >= 0.3 is 0 Å². The van der Waals surface area contributed by atoms with Gasteiger partial charge in [0, 0.05) is 6.42 Å². The van der Waals surface area contributed by atoms with Crippen molar-refractivity contribution in [1.29, 1.82) is 0 Å². The lowest BCUT2D eigenvalue weighted by Gasteiger charge is -2.13. The van der Waals surface area contributed by atoms with Gasteiger partial charge in [0.1, 0.15) is 5.75 Å². The Morgan fingerprint density at radius 3 is 2.60 bits per heavy atom. The molecule has 0 aliphatic heterocycles. The van der Waals surface area contributed by atoms with Crippen LogP contribution in [0.1, 0.15) is 12.0 Å². The third-order valence-corrected chi connectivity index (χ3v) is 2.29. The maximum Gasteiger partial charge on any atom is 0.194 e. The summed E-state index contributed by atoms with van der Waals surface area (Å²) in [5, 5.41) is 0. The molecule has 1 aromatic rings. The molecule has 0 aliphatic rings. The van der Waals surface area contributed by atoms with E-state index in [9.17, 15) is 0 Å². The Morgan fingerprint density at radius 1 is 1.40 bits per heavy atom. The summed E-state index contributed by atoms with van der Waals surface area (Å²) in [6, 6.07) is 7.49. The number of hydrogen-bond donors (Lipinski definition) is 0. The molecule has 1 nitrogen and oxygen atoms in total. The summed E-state index contributed by atoms with van der Waals surface area (Å²) in [6.45, 7) is 3.88. The van der Waals surface area contributed by atoms with E-state index >= 15 is 0 Å². The average molecular weight is 266 g/mol. The van der Waals surface area contributed by atoms with Crippen LogP contribution in [0.2, 0.25) is 0 Å². The number of hydrogen-bond acceptors (Lipinski definition) is 1. The molecule has 0 atom stereocenters. The lowest BCUT2D eigenvalue weighted by atomic mass is 10.1. The summed E-state index contributed by atoms with van der Waals surface area (Å²) in [6.07, 6.45) is 0.296. The highest BCUT2D eigenvalue weighted by molar-refractivity contribution is 6.67. The highest BCUT2D eigenvalue weighted by Crippen LogP contribution is 2.36. The zero-order valence-corrected chi connectivity index (χ0v) is 10.5. The Balaban J connectivity index is 2.82. The zero-order chi connectivity index (χ0) is 11.5. The number of allylic oxidation sites excluding steroid dienone is 1. The molecule has 0 aliphatic carbocycles. The smallest absolute Gasteiger partial charge is 0.194 e. The van der Waals surface area contributed by atoms with E-state index in [1.54, 1.807) is 7.11 Å². The maximum atomic E-state index is 5.69. The van der Waals surface area contributed by atoms with E-state index in [0.29, 0.717) is 6.42 Å². The van der Waals surface area contributed by atoms with Crippen molar-refractivity contribution in [3.63, 3.8) is 0 Å². The molecular formula is C11H11Cl3O. The molecule has 0 saturated carbocycles. The summed E-state index contributed by atoms with van der Waals surface area (Å²) in [5.41, 5.74) is 1.69. The van der Waals surface area contributed by atoms with Gasteiger partial charge in [-0.3, -0.25) is 0 Å². The van der Waals surface area contributed by atoms with Crippen LogP contribution in [0.25, 0.3) is 5.57 Å². The first-order chi connectivity index (χ1) is 6.92. The second-order valence-corrected chi connectivity index (χ2v) is 5.64. The Morgan fingerprint density at radius 2 is 2.07 bits per heavy atom. The molecule has 1 aromatic carbocycles. The zero-order valence-electron chi connectivity index (χ0n) is 8.27. The molecule has 82 valence electrons. The molecule has 1 rings (SSSR count). The quantitative estimate of drug-likeness (QED) is 0.733. The number of alkyl halides is 3. The van der Waals surface area contributed by atoms with E-state index in [1.807, 2.05) is 24.3 Å². The number of benzene rings is 1. The lowest BCUT2D eigenvalue weighted by molar-refractivity contribution is 0.414. The van der Waals surface area contributed by atoms with Crippen molar-refractivity contribution in [1.82, 2.24) is 0 Å². The van der Waals surface area contributed by atoms with Gasteiger partial charge in [-0.1, -0.05) is 53.5 Å². The first-order valence-corrected chi connectivity index (χ1v) is 5.45. The van der Waals surface area contributed by atoms with Crippen molar-refractivity contribution >= 4 is 40.4 Å². The summed E-state index contributed by atoms with van der Waals surface area (Å²) in [5.74, 6) is 0.762. The van der Waals surface area contributed by atoms with Gasteiger partial charge in [0.05, 0.1) is 7.11 Å². The summed E-state index contributed by atoms with van der Waals surface area (Å²) in [4.78, 5) is 0. The largest absolute Gasteiger partial charge is 0.497 e. The Labute approximate surface area is 105 Å². The first-order valence-electron chi connectivity index (χ1n) is 4.31. The molecule has 0 bridgehead atoms. The standard InChI is InChI=1S/C11H11Cl3O/c1-8(7-11(12,13)14)9-4-3-5-10(6-9)15-2/h3-6H,1,7H2,2H3. The van der Waals surface area contributed by atoms with Gasteiger partial charge in [-0.15, -0.1) is 0 Å². The van der Waals surface area contributed by atoms with Crippen LogP contribution >= 0.6 is 34.8 Å². The average Bonchev–Trinajstić information content (AvgIpc) is 2.15. The predicted molar refractivity (Wildman–Crippen MR) is 66.9 cm³/mol. The maximum absolute atomic E-state index is 5.69. The molecule has 0 spiro atoms. The number of methoxy groups -OCH3 is 1. The topological polar surface area (TPSA) is 9.23 Å². The predicted octanol–water partition coefficient (Wildman–Crippen LogP) is 4.47. The van der Waals surface area contributed by atoms with E-state index < -0.39 is 3.79 Å². The van der Waals surface area contributed by atoms with Crippen molar-refractivity contribution in [2.24, 2.45) is 0 Å². The van der Waals surface area contributed by atoms with E-state index in [2.05, 4.69) is 6.58 Å². The van der Waals surface area contributed by atoms with Crippen molar-refractivity contribution in [2.75, 3.05) is 7.11 Å². The Hall–Kier alpha value is -0.370. The molecule has 0 heterocycles. The first kappa shape index (κ1) is 12.7. The molecule has 15 heavy (non-hydrogen) atoms. The summed E-state index contributed by atoms with van der Waals surface area (Å²) >= 11 is 17.1. The minimum Gasteiger partial charge on any atom is -0.497 e. The molecule has 0 saturated heterocycles. The van der Waals surface area contributed by atoms with Crippen LogP contribution in [0.4, 0.5) is 0 Å². The molecular weight excluding hydrogens is 254 g/mol. The van der Waals surface area contributed by atoms with Gasteiger partial charge in [0.25, 0.3) is 0 Å². The number of ether oxygens (including phenoxy) is 1. The van der Waals surface area contributed by atoms with Gasteiger partial charge in [-0.2, -0.15) is 0 Å².